The number of nitrogens with zero attached hydrogens (tertiary/aromatic N) is 1. The van der Waals surface area contributed by atoms with Gasteiger partial charge >= 0.3 is 0 Å². The van der Waals surface area contributed by atoms with Crippen LogP contribution in [0, 0.1) is 12.8 Å². The number of aryl methyl sites for hydroxylation is 1. The van der Waals surface area contributed by atoms with E-state index >= 15 is 0 Å². The number of aliphatic hydroxyl groups is 1. The molecule has 1 heterocycles. The zero-order valence-corrected chi connectivity index (χ0v) is 8.98. The van der Waals surface area contributed by atoms with Crippen molar-refractivity contribution in [3.05, 3.63) is 23.8 Å². The van der Waals surface area contributed by atoms with E-state index in [0.717, 1.165) is 30.8 Å². The van der Waals surface area contributed by atoms with Gasteiger partial charge in [0.2, 0.25) is 0 Å². The number of phenolic OH excluding ortho intramolecular Hbond substituents is 1. The van der Waals surface area contributed by atoms with E-state index in [0.29, 0.717) is 11.7 Å². The Morgan fingerprint density at radius 1 is 1.47 bits per heavy atom. The van der Waals surface area contributed by atoms with Crippen molar-refractivity contribution in [2.75, 3.05) is 24.6 Å². The van der Waals surface area contributed by atoms with Gasteiger partial charge in [0.05, 0.1) is 0 Å². The van der Waals surface area contributed by atoms with Gasteiger partial charge in [-0.05, 0) is 25.0 Å². The van der Waals surface area contributed by atoms with E-state index in [1.165, 1.54) is 0 Å². The van der Waals surface area contributed by atoms with E-state index in [9.17, 15) is 5.11 Å². The second kappa shape index (κ2) is 4.11. The number of hydrogen-bond acceptors (Lipinski definition) is 3. The van der Waals surface area contributed by atoms with E-state index < -0.39 is 0 Å². The third kappa shape index (κ3) is 2.07. The van der Waals surface area contributed by atoms with Crippen LogP contribution in [-0.2, 0) is 0 Å². The van der Waals surface area contributed by atoms with Crippen LogP contribution in [0.15, 0.2) is 18.2 Å². The third-order valence-corrected chi connectivity index (χ3v) is 3.10. The van der Waals surface area contributed by atoms with Crippen LogP contribution in [0.3, 0.4) is 0 Å². The molecule has 2 rings (SSSR count). The summed E-state index contributed by atoms with van der Waals surface area (Å²) >= 11 is 0. The van der Waals surface area contributed by atoms with Gasteiger partial charge in [0.25, 0.3) is 0 Å². The van der Waals surface area contributed by atoms with Gasteiger partial charge in [-0.25, -0.2) is 0 Å². The monoisotopic (exact) mass is 207 g/mol. The molecule has 1 atom stereocenters. The summed E-state index contributed by atoms with van der Waals surface area (Å²) in [6.07, 6.45) is 1.03. The van der Waals surface area contributed by atoms with Gasteiger partial charge in [-0.15, -0.1) is 0 Å². The fourth-order valence-electron chi connectivity index (χ4n) is 2.01. The van der Waals surface area contributed by atoms with Crippen LogP contribution < -0.4 is 4.90 Å². The number of aliphatic hydroxyl groups excluding tert-OH is 1. The minimum atomic E-state index is 0.258. The summed E-state index contributed by atoms with van der Waals surface area (Å²) < 4.78 is 0. The molecule has 1 fully saturated rings. The van der Waals surface area contributed by atoms with Crippen molar-refractivity contribution < 1.29 is 10.2 Å². The van der Waals surface area contributed by atoms with E-state index in [2.05, 4.69) is 4.90 Å². The van der Waals surface area contributed by atoms with Crippen molar-refractivity contribution in [1.29, 1.82) is 0 Å². The molecule has 0 radical (unpaired) electrons. The standard InChI is InChI=1S/C12H17NO2/c1-9-2-3-11(6-12(9)15)13-5-4-10(7-13)8-14/h2-3,6,10,14-15H,4-5,7-8H2,1H3. The SMILES string of the molecule is Cc1ccc(N2CCC(CO)C2)cc1O. The predicted molar refractivity (Wildman–Crippen MR) is 60.2 cm³/mol. The first kappa shape index (κ1) is 10.3. The first-order chi connectivity index (χ1) is 7.20. The fourth-order valence-corrected chi connectivity index (χ4v) is 2.01. The zero-order valence-electron chi connectivity index (χ0n) is 8.98. The quantitative estimate of drug-likeness (QED) is 0.772. The minimum Gasteiger partial charge on any atom is -0.508 e. The van der Waals surface area contributed by atoms with Gasteiger partial charge < -0.3 is 15.1 Å². The molecule has 0 amide bonds. The first-order valence-corrected chi connectivity index (χ1v) is 5.36. The molecule has 2 N–H and O–H groups in total. The minimum absolute atomic E-state index is 0.258. The smallest absolute Gasteiger partial charge is 0.120 e. The predicted octanol–water partition coefficient (Wildman–Crippen LogP) is 1.52. The van der Waals surface area contributed by atoms with Crippen molar-refractivity contribution in [3.8, 4) is 5.75 Å². The molecule has 0 spiro atoms. The van der Waals surface area contributed by atoms with Crippen molar-refractivity contribution in [2.45, 2.75) is 13.3 Å². The van der Waals surface area contributed by atoms with E-state index in [-0.39, 0.29) is 6.61 Å². The maximum absolute atomic E-state index is 9.61. The molecule has 82 valence electrons. The molecule has 1 aliphatic rings. The van der Waals surface area contributed by atoms with Gasteiger partial charge in [-0.1, -0.05) is 6.07 Å². The average molecular weight is 207 g/mol. The highest BCUT2D eigenvalue weighted by Crippen LogP contribution is 2.28. The number of hydrogen-bond donors (Lipinski definition) is 2. The van der Waals surface area contributed by atoms with Crippen molar-refractivity contribution in [3.63, 3.8) is 0 Å². The highest BCUT2D eigenvalue weighted by Gasteiger charge is 2.22. The molecular weight excluding hydrogens is 190 g/mol. The lowest BCUT2D eigenvalue weighted by molar-refractivity contribution is 0.238. The molecule has 0 bridgehead atoms. The van der Waals surface area contributed by atoms with Crippen molar-refractivity contribution in [1.82, 2.24) is 0 Å². The molecule has 1 aromatic carbocycles. The molecule has 15 heavy (non-hydrogen) atoms. The first-order valence-electron chi connectivity index (χ1n) is 5.36. The molecular formula is C12H17NO2. The number of benzene rings is 1. The summed E-state index contributed by atoms with van der Waals surface area (Å²) in [6, 6.07) is 5.75. The molecule has 3 nitrogen and oxygen atoms in total. The summed E-state index contributed by atoms with van der Waals surface area (Å²) in [7, 11) is 0. The summed E-state index contributed by atoms with van der Waals surface area (Å²) in [6.45, 7) is 4.00. The second-order valence-electron chi connectivity index (χ2n) is 4.25. The number of aromatic hydroxyl groups is 1. The van der Waals surface area contributed by atoms with Gasteiger partial charge in [-0.2, -0.15) is 0 Å². The van der Waals surface area contributed by atoms with Gasteiger partial charge in [0.1, 0.15) is 5.75 Å². The van der Waals surface area contributed by atoms with Crippen LogP contribution in [0.2, 0.25) is 0 Å². The van der Waals surface area contributed by atoms with Crippen LogP contribution in [-0.4, -0.2) is 29.9 Å². The molecule has 0 aliphatic carbocycles. The van der Waals surface area contributed by atoms with Crippen LogP contribution in [0.5, 0.6) is 5.75 Å². The summed E-state index contributed by atoms with van der Waals surface area (Å²) in [4.78, 5) is 2.21. The maximum Gasteiger partial charge on any atom is 0.120 e. The molecule has 1 saturated heterocycles. The van der Waals surface area contributed by atoms with E-state index in [1.54, 1.807) is 6.07 Å². The van der Waals surface area contributed by atoms with E-state index in [4.69, 9.17) is 5.11 Å². The summed E-state index contributed by atoms with van der Waals surface area (Å²) in [5.74, 6) is 0.730. The maximum atomic E-state index is 9.61. The topological polar surface area (TPSA) is 43.7 Å². The second-order valence-corrected chi connectivity index (χ2v) is 4.25. The Morgan fingerprint density at radius 3 is 2.87 bits per heavy atom. The molecule has 0 saturated carbocycles. The van der Waals surface area contributed by atoms with Gasteiger partial charge in [-0.3, -0.25) is 0 Å². The van der Waals surface area contributed by atoms with Crippen LogP contribution in [0.25, 0.3) is 0 Å². The van der Waals surface area contributed by atoms with Crippen LogP contribution >= 0.6 is 0 Å². The fraction of sp³-hybridized carbons (Fsp3) is 0.500. The zero-order chi connectivity index (χ0) is 10.8. The molecule has 3 heteroatoms. The van der Waals surface area contributed by atoms with Crippen LogP contribution in [0.1, 0.15) is 12.0 Å². The van der Waals surface area contributed by atoms with Gasteiger partial charge in [0, 0.05) is 37.4 Å². The lowest BCUT2D eigenvalue weighted by Gasteiger charge is -2.19. The lowest BCUT2D eigenvalue weighted by atomic mass is 10.1. The van der Waals surface area contributed by atoms with E-state index in [1.807, 2.05) is 19.1 Å². The Balaban J connectivity index is 2.13. The molecule has 1 unspecified atom stereocenters. The Labute approximate surface area is 90.0 Å². The highest BCUT2D eigenvalue weighted by atomic mass is 16.3. The Morgan fingerprint density at radius 2 is 2.27 bits per heavy atom. The molecule has 1 aromatic rings. The summed E-state index contributed by atoms with van der Waals surface area (Å²) in [5, 5.41) is 18.7. The number of phenols is 1. The Kier molecular flexibility index (Phi) is 2.82. The molecule has 0 aromatic heterocycles. The third-order valence-electron chi connectivity index (χ3n) is 3.10. The number of anilines is 1. The average Bonchev–Trinajstić information content (AvgIpc) is 2.70. The Hall–Kier alpha value is -1.22. The largest absolute Gasteiger partial charge is 0.508 e. The normalized spacial score (nSPS) is 20.9. The van der Waals surface area contributed by atoms with Crippen molar-refractivity contribution >= 4 is 5.69 Å². The van der Waals surface area contributed by atoms with Gasteiger partial charge in [0.15, 0.2) is 0 Å². The number of rotatable bonds is 2. The molecule has 1 aliphatic heterocycles. The van der Waals surface area contributed by atoms with Crippen LogP contribution in [0.4, 0.5) is 5.69 Å². The summed E-state index contributed by atoms with van der Waals surface area (Å²) in [5.41, 5.74) is 1.95. The highest BCUT2D eigenvalue weighted by molar-refractivity contribution is 5.53. The van der Waals surface area contributed by atoms with Crippen molar-refractivity contribution in [2.24, 2.45) is 5.92 Å². The lowest BCUT2D eigenvalue weighted by Crippen LogP contribution is -2.20. The Bertz CT molecular complexity index is 351.